The molecular weight excluding hydrogens is 424 g/mol. The number of hydrogen-bond acceptors (Lipinski definition) is 6. The molecule has 0 bridgehead atoms. The second kappa shape index (κ2) is 8.19. The highest BCUT2D eigenvalue weighted by molar-refractivity contribution is 6.06. The Bertz CT molecular complexity index is 1440. The minimum Gasteiger partial charge on any atom is -0.444 e. The number of carbonyl (C=O) groups is 1. The molecule has 10 heteroatoms. The Morgan fingerprint density at radius 3 is 2.61 bits per heavy atom. The third kappa shape index (κ3) is 3.47. The molecule has 4 aromatic rings. The first-order valence-corrected chi connectivity index (χ1v) is 11.0. The summed E-state index contributed by atoms with van der Waals surface area (Å²) in [6.07, 6.45) is 3.24. The number of piperidine rings is 1. The van der Waals surface area contributed by atoms with Crippen LogP contribution in [0.5, 0.6) is 0 Å². The Hall–Kier alpha value is -3.95. The third-order valence-corrected chi connectivity index (χ3v) is 6.29. The van der Waals surface area contributed by atoms with E-state index < -0.39 is 11.2 Å². The first-order chi connectivity index (χ1) is 16.0. The fourth-order valence-electron chi connectivity index (χ4n) is 4.59. The zero-order chi connectivity index (χ0) is 23.1. The molecule has 3 aromatic heterocycles. The highest BCUT2D eigenvalue weighted by Crippen LogP contribution is 2.29. The number of nitrogens with one attached hydrogen (secondary N) is 1. The van der Waals surface area contributed by atoms with Crippen molar-refractivity contribution in [1.29, 1.82) is 0 Å². The minimum absolute atomic E-state index is 0.0176. The number of amides is 1. The van der Waals surface area contributed by atoms with E-state index in [1.165, 1.54) is 0 Å². The van der Waals surface area contributed by atoms with E-state index in [0.717, 1.165) is 29.8 Å². The molecule has 1 aromatic carbocycles. The first-order valence-electron chi connectivity index (χ1n) is 11.0. The number of hydrogen-bond donors (Lipinski definition) is 1. The average molecular weight is 448 g/mol. The number of aromatic amines is 1. The summed E-state index contributed by atoms with van der Waals surface area (Å²) in [6.45, 7) is 5.54. The lowest BCUT2D eigenvalue weighted by Crippen LogP contribution is -2.39. The summed E-state index contributed by atoms with van der Waals surface area (Å²) in [5.74, 6) is 1.20. The Labute approximate surface area is 188 Å². The number of aromatic nitrogens is 5. The van der Waals surface area contributed by atoms with E-state index in [0.29, 0.717) is 24.5 Å². The van der Waals surface area contributed by atoms with E-state index >= 15 is 0 Å². The maximum Gasteiger partial charge on any atom is 0.335 e. The monoisotopic (exact) mass is 448 g/mol. The third-order valence-electron chi connectivity index (χ3n) is 6.29. The van der Waals surface area contributed by atoms with Crippen molar-refractivity contribution in [3.63, 3.8) is 0 Å². The second-order valence-corrected chi connectivity index (χ2v) is 8.19. The molecule has 0 saturated carbocycles. The van der Waals surface area contributed by atoms with Crippen LogP contribution in [0.2, 0.25) is 0 Å². The van der Waals surface area contributed by atoms with Crippen molar-refractivity contribution in [2.24, 2.45) is 0 Å². The SMILES string of the molecule is CCn1cnnc1C1CCN(C(=O)c2c(C)oc3[nH]c(=O)n(-c4ccccc4)c(=O)c23)CC1. The Morgan fingerprint density at radius 1 is 1.18 bits per heavy atom. The Morgan fingerprint density at radius 2 is 1.91 bits per heavy atom. The van der Waals surface area contributed by atoms with Crippen LogP contribution in [0.25, 0.3) is 16.8 Å². The molecule has 1 amide bonds. The lowest BCUT2D eigenvalue weighted by molar-refractivity contribution is 0.0710. The van der Waals surface area contributed by atoms with Gasteiger partial charge in [-0.3, -0.25) is 14.6 Å². The molecule has 4 heterocycles. The molecule has 1 fully saturated rings. The number of benzene rings is 1. The number of fused-ring (bicyclic) bond motifs is 1. The number of likely N-dealkylation sites (tertiary alicyclic amines) is 1. The molecule has 0 radical (unpaired) electrons. The van der Waals surface area contributed by atoms with Crippen LogP contribution in [-0.4, -0.2) is 48.2 Å². The molecule has 1 saturated heterocycles. The Kier molecular flexibility index (Phi) is 5.20. The van der Waals surface area contributed by atoms with Crippen molar-refractivity contribution >= 4 is 17.0 Å². The minimum atomic E-state index is -0.618. The summed E-state index contributed by atoms with van der Waals surface area (Å²) in [6, 6.07) is 8.60. The summed E-state index contributed by atoms with van der Waals surface area (Å²) in [5.41, 5.74) is -0.558. The van der Waals surface area contributed by atoms with Crippen molar-refractivity contribution in [2.75, 3.05) is 13.1 Å². The lowest BCUT2D eigenvalue weighted by atomic mass is 9.95. The number of H-pyrrole nitrogens is 1. The molecule has 1 N–H and O–H groups in total. The molecule has 33 heavy (non-hydrogen) atoms. The van der Waals surface area contributed by atoms with Gasteiger partial charge in [0.05, 0.1) is 11.3 Å². The zero-order valence-electron chi connectivity index (χ0n) is 18.4. The molecule has 0 atom stereocenters. The van der Waals surface area contributed by atoms with E-state index in [2.05, 4.69) is 15.2 Å². The normalized spacial score (nSPS) is 14.8. The van der Waals surface area contributed by atoms with Gasteiger partial charge in [-0.15, -0.1) is 10.2 Å². The van der Waals surface area contributed by atoms with Crippen molar-refractivity contribution < 1.29 is 9.21 Å². The van der Waals surface area contributed by atoms with Gasteiger partial charge in [0.1, 0.15) is 23.3 Å². The van der Waals surface area contributed by atoms with Gasteiger partial charge in [-0.05, 0) is 38.8 Å². The summed E-state index contributed by atoms with van der Waals surface area (Å²) in [4.78, 5) is 43.8. The van der Waals surface area contributed by atoms with Crippen molar-refractivity contribution in [2.45, 2.75) is 39.2 Å². The number of nitrogens with zero attached hydrogens (tertiary/aromatic N) is 5. The maximum atomic E-state index is 13.5. The summed E-state index contributed by atoms with van der Waals surface area (Å²) < 4.78 is 8.69. The van der Waals surface area contributed by atoms with Crippen LogP contribution in [0.3, 0.4) is 0 Å². The van der Waals surface area contributed by atoms with Crippen molar-refractivity contribution in [3.8, 4) is 5.69 Å². The van der Waals surface area contributed by atoms with Crippen LogP contribution in [0, 0.1) is 6.92 Å². The van der Waals surface area contributed by atoms with E-state index in [4.69, 9.17) is 4.42 Å². The maximum absolute atomic E-state index is 13.5. The van der Waals surface area contributed by atoms with Crippen LogP contribution in [0.1, 0.15) is 47.6 Å². The molecule has 1 aliphatic heterocycles. The van der Waals surface area contributed by atoms with E-state index in [1.807, 2.05) is 11.5 Å². The largest absolute Gasteiger partial charge is 0.444 e. The van der Waals surface area contributed by atoms with Gasteiger partial charge in [0.2, 0.25) is 5.71 Å². The van der Waals surface area contributed by atoms with Gasteiger partial charge in [0.25, 0.3) is 11.5 Å². The number of furan rings is 1. The highest BCUT2D eigenvalue weighted by Gasteiger charge is 2.31. The van der Waals surface area contributed by atoms with Crippen molar-refractivity contribution in [3.05, 3.63) is 74.6 Å². The van der Waals surface area contributed by atoms with Gasteiger partial charge in [-0.2, -0.15) is 0 Å². The summed E-state index contributed by atoms with van der Waals surface area (Å²) >= 11 is 0. The Balaban J connectivity index is 1.49. The number of para-hydroxylation sites is 1. The number of carbonyl (C=O) groups excluding carboxylic acids is 1. The molecule has 5 rings (SSSR count). The topological polar surface area (TPSA) is 119 Å². The van der Waals surface area contributed by atoms with Crippen molar-refractivity contribution in [1.82, 2.24) is 29.2 Å². The van der Waals surface area contributed by atoms with Gasteiger partial charge < -0.3 is 13.9 Å². The first kappa shape index (κ1) is 20.9. The fraction of sp³-hybridized carbons (Fsp3) is 0.348. The molecular formula is C23H24N6O4. The predicted molar refractivity (Wildman–Crippen MR) is 121 cm³/mol. The summed E-state index contributed by atoms with van der Waals surface area (Å²) in [7, 11) is 0. The molecule has 0 unspecified atom stereocenters. The molecule has 1 aliphatic rings. The smallest absolute Gasteiger partial charge is 0.335 e. The van der Waals surface area contributed by atoms with Crippen LogP contribution in [0.15, 0.2) is 50.7 Å². The molecule has 10 nitrogen and oxygen atoms in total. The standard InChI is InChI=1S/C23H24N6O4/c1-3-27-13-24-26-19(27)15-9-11-28(12-10-15)21(30)17-14(2)33-20-18(17)22(31)29(23(32)25-20)16-7-5-4-6-8-16/h4-8,13,15H,3,9-12H2,1-2H3,(H,25,32). The van der Waals surface area contributed by atoms with E-state index in [9.17, 15) is 14.4 Å². The van der Waals surface area contributed by atoms with Gasteiger partial charge in [-0.1, -0.05) is 18.2 Å². The van der Waals surface area contributed by atoms with Crippen LogP contribution in [0.4, 0.5) is 0 Å². The molecule has 170 valence electrons. The highest BCUT2D eigenvalue weighted by atomic mass is 16.3. The van der Waals surface area contributed by atoms with Gasteiger partial charge in [-0.25, -0.2) is 9.36 Å². The lowest BCUT2D eigenvalue weighted by Gasteiger charge is -2.31. The molecule has 0 spiro atoms. The van der Waals surface area contributed by atoms with Crippen LogP contribution >= 0.6 is 0 Å². The van der Waals surface area contributed by atoms with Crippen LogP contribution in [-0.2, 0) is 6.54 Å². The summed E-state index contributed by atoms with van der Waals surface area (Å²) in [5, 5.41) is 8.36. The molecule has 0 aliphatic carbocycles. The van der Waals surface area contributed by atoms with Gasteiger partial charge >= 0.3 is 5.69 Å². The quantitative estimate of drug-likeness (QED) is 0.511. The second-order valence-electron chi connectivity index (χ2n) is 8.19. The van der Waals surface area contributed by atoms with Gasteiger partial charge in [0.15, 0.2) is 0 Å². The van der Waals surface area contributed by atoms with Gasteiger partial charge in [0, 0.05) is 25.6 Å². The average Bonchev–Trinajstić information content (AvgIpc) is 3.43. The fourth-order valence-corrected chi connectivity index (χ4v) is 4.59. The zero-order valence-corrected chi connectivity index (χ0v) is 18.4. The van der Waals surface area contributed by atoms with Crippen LogP contribution < -0.4 is 11.2 Å². The number of rotatable bonds is 4. The number of aryl methyl sites for hydroxylation is 2. The van der Waals surface area contributed by atoms with E-state index in [1.54, 1.807) is 48.5 Å². The van der Waals surface area contributed by atoms with E-state index in [-0.39, 0.29) is 28.5 Å². The predicted octanol–water partition coefficient (Wildman–Crippen LogP) is 2.21.